The van der Waals surface area contributed by atoms with E-state index in [1.54, 1.807) is 0 Å². The fourth-order valence-electron chi connectivity index (χ4n) is 1.01. The lowest BCUT2D eigenvalue weighted by Gasteiger charge is -2.11. The number of rotatable bonds is 6. The summed E-state index contributed by atoms with van der Waals surface area (Å²) in [6, 6.07) is 8.80. The van der Waals surface area contributed by atoms with Crippen molar-refractivity contribution in [3.8, 4) is 0 Å². The van der Waals surface area contributed by atoms with E-state index >= 15 is 0 Å². The Balaban J connectivity index is 2.22. The van der Waals surface area contributed by atoms with Crippen LogP contribution in [0.3, 0.4) is 0 Å². The summed E-state index contributed by atoms with van der Waals surface area (Å²) in [6.45, 7) is -0.276. The van der Waals surface area contributed by atoms with Crippen molar-refractivity contribution in [3.05, 3.63) is 35.9 Å². The standard InChI is InChI=1S/C11H15NO4S/c13-6-10(7-14)12-17-11(15)16-8-9-4-2-1-3-5-9/h1-5,10,12-14H,6-8H2. The number of aliphatic hydroxyl groups excluding tert-OH is 2. The van der Waals surface area contributed by atoms with Crippen molar-refractivity contribution < 1.29 is 19.7 Å². The van der Waals surface area contributed by atoms with Crippen LogP contribution in [0.5, 0.6) is 0 Å². The second-order valence-corrected chi connectivity index (χ2v) is 4.08. The smallest absolute Gasteiger partial charge is 0.382 e. The third-order valence-corrected chi connectivity index (χ3v) is 2.68. The van der Waals surface area contributed by atoms with Crippen molar-refractivity contribution in [2.75, 3.05) is 13.2 Å². The second-order valence-electron chi connectivity index (χ2n) is 3.31. The molecule has 0 unspecified atom stereocenters. The van der Waals surface area contributed by atoms with Crippen LogP contribution in [0.25, 0.3) is 0 Å². The molecule has 0 fully saturated rings. The van der Waals surface area contributed by atoms with Gasteiger partial charge in [0.15, 0.2) is 0 Å². The van der Waals surface area contributed by atoms with Crippen molar-refractivity contribution >= 4 is 17.2 Å². The van der Waals surface area contributed by atoms with Crippen LogP contribution in [0.2, 0.25) is 0 Å². The molecule has 1 aromatic rings. The largest absolute Gasteiger partial charge is 0.452 e. The molecule has 0 saturated carbocycles. The van der Waals surface area contributed by atoms with Crippen molar-refractivity contribution in [1.82, 2.24) is 4.72 Å². The summed E-state index contributed by atoms with van der Waals surface area (Å²) in [4.78, 5) is 11.3. The molecule has 0 spiro atoms. The van der Waals surface area contributed by atoms with E-state index in [4.69, 9.17) is 14.9 Å². The zero-order chi connectivity index (χ0) is 12.5. The molecular weight excluding hydrogens is 242 g/mol. The van der Waals surface area contributed by atoms with Gasteiger partial charge in [-0.3, -0.25) is 0 Å². The van der Waals surface area contributed by atoms with Gasteiger partial charge in [-0.1, -0.05) is 30.3 Å². The van der Waals surface area contributed by atoms with E-state index < -0.39 is 11.3 Å². The maximum atomic E-state index is 11.3. The highest BCUT2D eigenvalue weighted by molar-refractivity contribution is 8.11. The fourth-order valence-corrected chi connectivity index (χ4v) is 1.54. The summed E-state index contributed by atoms with van der Waals surface area (Å²) in [5.74, 6) is 0. The number of carbonyl (C=O) groups is 1. The Kier molecular flexibility index (Phi) is 6.64. The number of ether oxygens (including phenoxy) is 1. The van der Waals surface area contributed by atoms with Gasteiger partial charge in [-0.15, -0.1) is 0 Å². The number of hydrogen-bond donors (Lipinski definition) is 3. The predicted molar refractivity (Wildman–Crippen MR) is 65.3 cm³/mol. The summed E-state index contributed by atoms with van der Waals surface area (Å²) in [6.07, 6.45) is 0. The minimum absolute atomic E-state index is 0.206. The lowest BCUT2D eigenvalue weighted by Crippen LogP contribution is -2.31. The van der Waals surface area contributed by atoms with Gasteiger partial charge in [0.05, 0.1) is 19.3 Å². The van der Waals surface area contributed by atoms with Gasteiger partial charge in [0.2, 0.25) is 0 Å². The average Bonchev–Trinajstić information content (AvgIpc) is 2.39. The van der Waals surface area contributed by atoms with Crippen LogP contribution in [-0.4, -0.2) is 34.8 Å². The summed E-state index contributed by atoms with van der Waals surface area (Å²) >= 11 is 0.722. The first-order chi connectivity index (χ1) is 8.26. The number of aliphatic hydroxyl groups is 2. The summed E-state index contributed by atoms with van der Waals surface area (Å²) < 4.78 is 7.56. The molecule has 0 radical (unpaired) electrons. The molecule has 0 aliphatic heterocycles. The van der Waals surface area contributed by atoms with E-state index in [2.05, 4.69) is 4.72 Å². The van der Waals surface area contributed by atoms with Gasteiger partial charge in [-0.05, 0) is 5.56 Å². The van der Waals surface area contributed by atoms with Gasteiger partial charge in [0.25, 0.3) is 0 Å². The number of hydrogen-bond acceptors (Lipinski definition) is 6. The predicted octanol–water partition coefficient (Wildman–Crippen LogP) is 0.914. The van der Waals surface area contributed by atoms with Crippen LogP contribution in [-0.2, 0) is 11.3 Å². The molecule has 0 aliphatic rings. The van der Waals surface area contributed by atoms with Gasteiger partial charge >= 0.3 is 5.30 Å². The van der Waals surface area contributed by atoms with Gasteiger partial charge in [-0.25, -0.2) is 9.52 Å². The van der Waals surface area contributed by atoms with Crippen LogP contribution < -0.4 is 4.72 Å². The van der Waals surface area contributed by atoms with Crippen LogP contribution in [0, 0.1) is 0 Å². The first kappa shape index (κ1) is 14.0. The minimum atomic E-state index is -0.524. The van der Waals surface area contributed by atoms with E-state index in [0.29, 0.717) is 0 Å². The third kappa shape index (κ3) is 5.69. The molecule has 0 heterocycles. The Hall–Kier alpha value is -1.08. The van der Waals surface area contributed by atoms with Crippen molar-refractivity contribution in [3.63, 3.8) is 0 Å². The Labute approximate surface area is 104 Å². The van der Waals surface area contributed by atoms with E-state index in [-0.39, 0.29) is 19.8 Å². The monoisotopic (exact) mass is 257 g/mol. The maximum Gasteiger partial charge on any atom is 0.382 e. The lowest BCUT2D eigenvalue weighted by atomic mass is 10.2. The molecule has 5 nitrogen and oxygen atoms in total. The van der Waals surface area contributed by atoms with Gasteiger partial charge in [-0.2, -0.15) is 0 Å². The zero-order valence-corrected chi connectivity index (χ0v) is 10.0. The first-order valence-electron chi connectivity index (χ1n) is 5.11. The highest BCUT2D eigenvalue weighted by atomic mass is 32.2. The van der Waals surface area contributed by atoms with Crippen molar-refractivity contribution in [1.29, 1.82) is 0 Å². The molecule has 3 N–H and O–H groups in total. The molecule has 0 bridgehead atoms. The zero-order valence-electron chi connectivity index (χ0n) is 9.20. The molecule has 0 atom stereocenters. The molecule has 1 rings (SSSR count). The Morgan fingerprint density at radius 3 is 2.53 bits per heavy atom. The average molecular weight is 257 g/mol. The van der Waals surface area contributed by atoms with Crippen LogP contribution in [0.4, 0.5) is 4.79 Å². The highest BCUT2D eigenvalue weighted by Crippen LogP contribution is 2.06. The van der Waals surface area contributed by atoms with Gasteiger partial charge in [0, 0.05) is 11.9 Å². The quantitative estimate of drug-likeness (QED) is 0.519. The van der Waals surface area contributed by atoms with Gasteiger partial charge < -0.3 is 14.9 Å². The highest BCUT2D eigenvalue weighted by Gasteiger charge is 2.09. The fraction of sp³-hybridized carbons (Fsp3) is 0.364. The van der Waals surface area contributed by atoms with Crippen LogP contribution in [0.1, 0.15) is 5.56 Å². The maximum absolute atomic E-state index is 11.3. The Morgan fingerprint density at radius 2 is 1.94 bits per heavy atom. The molecule has 17 heavy (non-hydrogen) atoms. The molecule has 0 saturated heterocycles. The van der Waals surface area contributed by atoms with E-state index in [1.165, 1.54) is 0 Å². The molecule has 94 valence electrons. The topological polar surface area (TPSA) is 78.8 Å². The molecule has 1 aromatic carbocycles. The lowest BCUT2D eigenvalue weighted by molar-refractivity contribution is 0.167. The third-order valence-electron chi connectivity index (χ3n) is 1.95. The minimum Gasteiger partial charge on any atom is -0.452 e. The molecular formula is C11H15NO4S. The van der Waals surface area contributed by atoms with Crippen molar-refractivity contribution in [2.45, 2.75) is 12.6 Å². The number of carbonyl (C=O) groups excluding carboxylic acids is 1. The summed E-state index contributed by atoms with van der Waals surface area (Å²) in [5, 5.41) is 17.0. The van der Waals surface area contributed by atoms with Crippen molar-refractivity contribution in [2.24, 2.45) is 0 Å². The first-order valence-corrected chi connectivity index (χ1v) is 5.92. The number of benzene rings is 1. The molecule has 0 aromatic heterocycles. The van der Waals surface area contributed by atoms with Crippen LogP contribution in [0.15, 0.2) is 30.3 Å². The van der Waals surface area contributed by atoms with E-state index in [1.807, 2.05) is 30.3 Å². The summed E-state index contributed by atoms with van der Waals surface area (Å²) in [7, 11) is 0. The molecule has 0 amide bonds. The Morgan fingerprint density at radius 1 is 1.29 bits per heavy atom. The van der Waals surface area contributed by atoms with E-state index in [0.717, 1.165) is 17.5 Å². The van der Waals surface area contributed by atoms with Gasteiger partial charge in [0.1, 0.15) is 6.61 Å². The van der Waals surface area contributed by atoms with Crippen LogP contribution >= 0.6 is 11.9 Å². The van der Waals surface area contributed by atoms with E-state index in [9.17, 15) is 4.79 Å². The summed E-state index contributed by atoms with van der Waals surface area (Å²) in [5.41, 5.74) is 0.905. The molecule has 0 aliphatic carbocycles. The number of nitrogens with one attached hydrogen (secondary N) is 1. The normalized spacial score (nSPS) is 10.5. The molecule has 6 heteroatoms. The SMILES string of the molecule is O=C(OCc1ccccc1)SNC(CO)CO. The Bertz CT molecular complexity index is 330. The second kappa shape index (κ2) is 8.08.